The molecule has 0 fully saturated rings. The van der Waals surface area contributed by atoms with Gasteiger partial charge in [0.1, 0.15) is 11.5 Å². The monoisotopic (exact) mass is 435 g/mol. The van der Waals surface area contributed by atoms with E-state index >= 15 is 0 Å². The zero-order valence-electron chi connectivity index (χ0n) is 19.1. The number of benzene rings is 2. The lowest BCUT2D eigenvalue weighted by Crippen LogP contribution is -2.05. The number of carbonyl (C=O) groups is 1. The van der Waals surface area contributed by atoms with Gasteiger partial charge in [0.05, 0.1) is 13.7 Å². The summed E-state index contributed by atoms with van der Waals surface area (Å²) in [5.41, 5.74) is 1.83. The third-order valence-corrected chi connectivity index (χ3v) is 5.39. The Bertz CT molecular complexity index is 931. The summed E-state index contributed by atoms with van der Waals surface area (Å²) in [6.07, 6.45) is 11.9. The predicted octanol–water partition coefficient (Wildman–Crippen LogP) is 6.56. The van der Waals surface area contributed by atoms with Gasteiger partial charge in [0, 0.05) is 5.56 Å². The second-order valence-electron chi connectivity index (χ2n) is 7.96. The van der Waals surface area contributed by atoms with Gasteiger partial charge in [-0.15, -0.1) is 0 Å². The summed E-state index contributed by atoms with van der Waals surface area (Å²) in [6.45, 7) is 2.97. The number of aliphatic imine (C=N–C) groups is 1. The van der Waals surface area contributed by atoms with Crippen LogP contribution in [0.2, 0.25) is 0 Å². The summed E-state index contributed by atoms with van der Waals surface area (Å²) in [5.74, 6) is 1.38. The summed E-state index contributed by atoms with van der Waals surface area (Å²) >= 11 is 0. The molecular formula is C27H33NO4. The van der Waals surface area contributed by atoms with Gasteiger partial charge in [-0.25, -0.2) is 9.79 Å². The van der Waals surface area contributed by atoms with Gasteiger partial charge in [0.25, 0.3) is 0 Å². The van der Waals surface area contributed by atoms with Crippen LogP contribution in [0.25, 0.3) is 6.08 Å². The molecule has 1 aliphatic heterocycles. The van der Waals surface area contributed by atoms with E-state index in [1.165, 1.54) is 44.9 Å². The first-order valence-electron chi connectivity index (χ1n) is 11.6. The van der Waals surface area contributed by atoms with Crippen LogP contribution in [-0.4, -0.2) is 25.6 Å². The van der Waals surface area contributed by atoms with Gasteiger partial charge in [0.2, 0.25) is 5.90 Å². The number of hydrogen-bond donors (Lipinski definition) is 0. The van der Waals surface area contributed by atoms with E-state index in [0.717, 1.165) is 35.7 Å². The maximum Gasteiger partial charge on any atom is 0.363 e. The number of rotatable bonds is 13. The van der Waals surface area contributed by atoms with Gasteiger partial charge in [0.15, 0.2) is 5.70 Å². The fourth-order valence-corrected chi connectivity index (χ4v) is 3.54. The lowest BCUT2D eigenvalue weighted by Gasteiger charge is -2.07. The predicted molar refractivity (Wildman–Crippen MR) is 128 cm³/mol. The topological polar surface area (TPSA) is 57.1 Å². The van der Waals surface area contributed by atoms with E-state index in [1.807, 2.05) is 48.5 Å². The average Bonchev–Trinajstić information content (AvgIpc) is 3.18. The molecule has 0 unspecified atom stereocenters. The average molecular weight is 436 g/mol. The molecule has 0 N–H and O–H groups in total. The maximum absolute atomic E-state index is 12.2. The van der Waals surface area contributed by atoms with E-state index in [-0.39, 0.29) is 5.70 Å². The molecule has 0 aliphatic carbocycles. The summed E-state index contributed by atoms with van der Waals surface area (Å²) < 4.78 is 16.4. The summed E-state index contributed by atoms with van der Waals surface area (Å²) in [6, 6.07) is 14.9. The minimum absolute atomic E-state index is 0.267. The van der Waals surface area contributed by atoms with Crippen LogP contribution in [0.15, 0.2) is 59.2 Å². The Morgan fingerprint density at radius 1 is 0.906 bits per heavy atom. The van der Waals surface area contributed by atoms with Crippen molar-refractivity contribution in [2.45, 2.75) is 58.3 Å². The van der Waals surface area contributed by atoms with Crippen LogP contribution < -0.4 is 9.47 Å². The summed E-state index contributed by atoms with van der Waals surface area (Å²) in [4.78, 5) is 16.6. The van der Waals surface area contributed by atoms with Crippen molar-refractivity contribution in [2.24, 2.45) is 4.99 Å². The van der Waals surface area contributed by atoms with Crippen molar-refractivity contribution in [2.75, 3.05) is 13.7 Å². The highest BCUT2D eigenvalue weighted by Crippen LogP contribution is 2.22. The number of methoxy groups -OCH3 is 1. The molecule has 0 atom stereocenters. The lowest BCUT2D eigenvalue weighted by molar-refractivity contribution is -0.129. The van der Waals surface area contributed by atoms with E-state index in [1.54, 1.807) is 13.2 Å². The molecule has 0 spiro atoms. The first-order chi connectivity index (χ1) is 15.7. The Morgan fingerprint density at radius 3 is 2.34 bits per heavy atom. The van der Waals surface area contributed by atoms with E-state index in [0.29, 0.717) is 5.90 Å². The van der Waals surface area contributed by atoms with Crippen LogP contribution in [-0.2, 0) is 9.53 Å². The molecule has 1 aliphatic rings. The zero-order chi connectivity index (χ0) is 22.6. The molecule has 0 saturated heterocycles. The van der Waals surface area contributed by atoms with Crippen LogP contribution in [0.1, 0.15) is 69.4 Å². The number of hydrogen-bond acceptors (Lipinski definition) is 5. The summed E-state index contributed by atoms with van der Waals surface area (Å²) in [7, 11) is 1.61. The van der Waals surface area contributed by atoms with Crippen molar-refractivity contribution in [1.29, 1.82) is 0 Å². The van der Waals surface area contributed by atoms with Crippen molar-refractivity contribution in [1.82, 2.24) is 0 Å². The van der Waals surface area contributed by atoms with E-state index in [4.69, 9.17) is 14.2 Å². The van der Waals surface area contributed by atoms with Crippen molar-refractivity contribution in [3.63, 3.8) is 0 Å². The number of carbonyl (C=O) groups excluding carboxylic acids is 1. The minimum atomic E-state index is -0.460. The molecule has 5 nitrogen and oxygen atoms in total. The second-order valence-corrected chi connectivity index (χ2v) is 7.96. The highest BCUT2D eigenvalue weighted by atomic mass is 16.6. The third-order valence-electron chi connectivity index (χ3n) is 5.39. The molecule has 3 rings (SSSR count). The van der Waals surface area contributed by atoms with Crippen molar-refractivity contribution in [3.05, 3.63) is 65.4 Å². The highest BCUT2D eigenvalue weighted by Gasteiger charge is 2.24. The van der Waals surface area contributed by atoms with Crippen LogP contribution in [0.4, 0.5) is 0 Å². The first-order valence-corrected chi connectivity index (χ1v) is 11.6. The Labute approximate surface area is 191 Å². The number of nitrogens with zero attached hydrogens (tertiary/aromatic N) is 1. The molecule has 2 aromatic carbocycles. The van der Waals surface area contributed by atoms with Gasteiger partial charge in [-0.1, -0.05) is 64.0 Å². The first kappa shape index (κ1) is 23.6. The van der Waals surface area contributed by atoms with Crippen molar-refractivity contribution >= 4 is 17.9 Å². The Kier molecular flexibility index (Phi) is 9.36. The van der Waals surface area contributed by atoms with Crippen LogP contribution >= 0.6 is 0 Å². The van der Waals surface area contributed by atoms with Crippen LogP contribution in [0.5, 0.6) is 11.5 Å². The molecule has 0 radical (unpaired) electrons. The Hall–Kier alpha value is -3.08. The molecular weight excluding hydrogens is 402 g/mol. The molecule has 0 aromatic heterocycles. The Balaban J connectivity index is 1.47. The lowest BCUT2D eigenvalue weighted by atomic mass is 10.1. The van der Waals surface area contributed by atoms with Crippen molar-refractivity contribution < 1.29 is 19.0 Å². The summed E-state index contributed by atoms with van der Waals surface area (Å²) in [5, 5.41) is 0. The smallest absolute Gasteiger partial charge is 0.363 e. The van der Waals surface area contributed by atoms with Crippen molar-refractivity contribution in [3.8, 4) is 11.5 Å². The SMILES string of the molecule is CCCCCCCCCCOc1ccc(C2=N/C(=C\c3cccc(OC)c3)C(=O)O2)cc1. The zero-order valence-corrected chi connectivity index (χ0v) is 19.1. The van der Waals surface area contributed by atoms with E-state index in [9.17, 15) is 4.79 Å². The van der Waals surface area contributed by atoms with Crippen LogP contribution in [0, 0.1) is 0 Å². The fourth-order valence-electron chi connectivity index (χ4n) is 3.54. The fraction of sp³-hybridized carbons (Fsp3) is 0.407. The number of esters is 1. The van der Waals surface area contributed by atoms with Gasteiger partial charge >= 0.3 is 5.97 Å². The minimum Gasteiger partial charge on any atom is -0.497 e. The largest absolute Gasteiger partial charge is 0.497 e. The number of cyclic esters (lactones) is 1. The quantitative estimate of drug-likeness (QED) is 0.203. The maximum atomic E-state index is 12.2. The molecule has 1 heterocycles. The highest BCUT2D eigenvalue weighted by molar-refractivity contribution is 6.12. The standard InChI is InChI=1S/C27H33NO4/c1-3-4-5-6-7-8-9-10-18-31-23-16-14-22(15-17-23)26-28-25(27(29)32-26)20-21-12-11-13-24(19-21)30-2/h11-17,19-20H,3-10,18H2,1-2H3/b25-20-. The van der Waals surface area contributed by atoms with E-state index < -0.39 is 5.97 Å². The number of ether oxygens (including phenoxy) is 3. The third kappa shape index (κ3) is 7.26. The van der Waals surface area contributed by atoms with Gasteiger partial charge < -0.3 is 14.2 Å². The Morgan fingerprint density at radius 2 is 1.62 bits per heavy atom. The molecule has 5 heteroatoms. The van der Waals surface area contributed by atoms with Gasteiger partial charge in [-0.05, 0) is 54.5 Å². The number of unbranched alkanes of at least 4 members (excludes halogenated alkanes) is 7. The normalized spacial score (nSPS) is 14.4. The molecule has 0 bridgehead atoms. The van der Waals surface area contributed by atoms with E-state index in [2.05, 4.69) is 11.9 Å². The van der Waals surface area contributed by atoms with Gasteiger partial charge in [-0.2, -0.15) is 0 Å². The van der Waals surface area contributed by atoms with Crippen LogP contribution in [0.3, 0.4) is 0 Å². The molecule has 170 valence electrons. The van der Waals surface area contributed by atoms with Gasteiger partial charge in [-0.3, -0.25) is 0 Å². The molecule has 32 heavy (non-hydrogen) atoms. The molecule has 0 amide bonds. The molecule has 2 aromatic rings. The molecule has 0 saturated carbocycles. The second kappa shape index (κ2) is 12.7.